The van der Waals surface area contributed by atoms with Crippen molar-refractivity contribution in [3.8, 4) is 5.75 Å². The molecule has 0 radical (unpaired) electrons. The lowest BCUT2D eigenvalue weighted by molar-refractivity contribution is 0.0684. The second-order valence-corrected chi connectivity index (χ2v) is 6.51. The Morgan fingerprint density at radius 1 is 1.30 bits per heavy atom. The summed E-state index contributed by atoms with van der Waals surface area (Å²) in [5.74, 6) is -0.474. The highest BCUT2D eigenvalue weighted by molar-refractivity contribution is 5.97. The van der Waals surface area contributed by atoms with Gasteiger partial charge in [-0.25, -0.2) is 4.79 Å². The number of carboxylic acid groups (broad SMARTS) is 1. The van der Waals surface area contributed by atoms with Gasteiger partial charge in [0.15, 0.2) is 0 Å². The number of amides is 1. The van der Waals surface area contributed by atoms with Gasteiger partial charge in [-0.05, 0) is 31.9 Å². The Morgan fingerprint density at radius 2 is 2.00 bits per heavy atom. The molecule has 2 aromatic rings. The number of nitrogens with zero attached hydrogens (tertiary/aromatic N) is 3. The number of rotatable bonds is 6. The first-order valence-corrected chi connectivity index (χ1v) is 8.92. The van der Waals surface area contributed by atoms with E-state index in [1.807, 2.05) is 17.0 Å². The number of carbonyl (C=O) groups excluding carboxylic acids is 1. The van der Waals surface area contributed by atoms with Crippen LogP contribution in [0, 0.1) is 6.92 Å². The lowest BCUT2D eigenvalue weighted by atomic mass is 10.0. The quantitative estimate of drug-likeness (QED) is 0.792. The number of hydrogen-bond donors (Lipinski definition) is 1. The van der Waals surface area contributed by atoms with E-state index < -0.39 is 5.97 Å². The number of benzene rings is 1. The number of ether oxygens (including phenoxy) is 1. The van der Waals surface area contributed by atoms with Crippen molar-refractivity contribution in [2.75, 3.05) is 19.7 Å². The second-order valence-electron chi connectivity index (χ2n) is 6.51. The van der Waals surface area contributed by atoms with E-state index in [2.05, 4.69) is 11.7 Å². The number of aromatic nitrogens is 2. The zero-order valence-electron chi connectivity index (χ0n) is 15.3. The molecule has 3 rings (SSSR count). The standard InChI is InChI=1S/C20H23N3O4/c1-3-12-27-18-7-5-4-6-16(18)19(24)22-10-8-15(9-11-22)23-14(2)17(13-21-23)20(25)26/h3-7,13,15H,1,8-12H2,2H3,(H,25,26). The summed E-state index contributed by atoms with van der Waals surface area (Å²) in [6.45, 7) is 6.91. The minimum absolute atomic E-state index is 0.0588. The van der Waals surface area contributed by atoms with Gasteiger partial charge in [-0.2, -0.15) is 5.10 Å². The maximum absolute atomic E-state index is 12.9. The predicted octanol–water partition coefficient (Wildman–Crippen LogP) is 2.93. The molecular weight excluding hydrogens is 346 g/mol. The van der Waals surface area contributed by atoms with E-state index in [0.29, 0.717) is 36.7 Å². The average molecular weight is 369 g/mol. The van der Waals surface area contributed by atoms with Crippen LogP contribution >= 0.6 is 0 Å². The fourth-order valence-corrected chi connectivity index (χ4v) is 3.40. The van der Waals surface area contributed by atoms with Crippen LogP contribution in [0.1, 0.15) is 45.3 Å². The van der Waals surface area contributed by atoms with Crippen LogP contribution in [-0.2, 0) is 0 Å². The molecule has 0 bridgehead atoms. The third kappa shape index (κ3) is 3.86. The highest BCUT2D eigenvalue weighted by atomic mass is 16.5. The number of carboxylic acids is 1. The van der Waals surface area contributed by atoms with Crippen LogP contribution in [0.5, 0.6) is 5.75 Å². The molecule has 1 aliphatic heterocycles. The Hall–Kier alpha value is -3.09. The van der Waals surface area contributed by atoms with E-state index in [4.69, 9.17) is 4.74 Å². The van der Waals surface area contributed by atoms with Gasteiger partial charge in [-0.3, -0.25) is 9.48 Å². The van der Waals surface area contributed by atoms with Gasteiger partial charge in [0.05, 0.1) is 23.5 Å². The normalized spacial score (nSPS) is 14.8. The zero-order chi connectivity index (χ0) is 19.4. The molecular formula is C20H23N3O4. The van der Waals surface area contributed by atoms with E-state index in [9.17, 15) is 14.7 Å². The fraction of sp³-hybridized carbons (Fsp3) is 0.350. The number of para-hydroxylation sites is 1. The summed E-state index contributed by atoms with van der Waals surface area (Å²) in [4.78, 5) is 25.9. The van der Waals surface area contributed by atoms with Crippen molar-refractivity contribution in [3.05, 3.63) is 59.9 Å². The van der Waals surface area contributed by atoms with Gasteiger partial charge >= 0.3 is 5.97 Å². The largest absolute Gasteiger partial charge is 0.489 e. The van der Waals surface area contributed by atoms with E-state index in [-0.39, 0.29) is 17.5 Å². The monoisotopic (exact) mass is 369 g/mol. The minimum Gasteiger partial charge on any atom is -0.489 e. The van der Waals surface area contributed by atoms with Crippen molar-refractivity contribution in [1.82, 2.24) is 14.7 Å². The van der Waals surface area contributed by atoms with E-state index in [1.165, 1.54) is 6.20 Å². The molecule has 1 aliphatic rings. The van der Waals surface area contributed by atoms with Crippen molar-refractivity contribution in [1.29, 1.82) is 0 Å². The topological polar surface area (TPSA) is 84.7 Å². The Kier molecular flexibility index (Phi) is 5.59. The summed E-state index contributed by atoms with van der Waals surface area (Å²) in [5.41, 5.74) is 1.42. The first-order valence-electron chi connectivity index (χ1n) is 8.92. The third-order valence-electron chi connectivity index (χ3n) is 4.85. The summed E-state index contributed by atoms with van der Waals surface area (Å²) >= 11 is 0. The van der Waals surface area contributed by atoms with Crippen LogP contribution in [0.15, 0.2) is 43.1 Å². The number of likely N-dealkylation sites (tertiary alicyclic amines) is 1. The van der Waals surface area contributed by atoms with E-state index in [0.717, 1.165) is 12.8 Å². The van der Waals surface area contributed by atoms with Crippen molar-refractivity contribution < 1.29 is 19.4 Å². The molecule has 0 spiro atoms. The lowest BCUT2D eigenvalue weighted by Gasteiger charge is -2.33. The molecule has 7 nitrogen and oxygen atoms in total. The molecule has 1 N–H and O–H groups in total. The number of piperidine rings is 1. The highest BCUT2D eigenvalue weighted by Gasteiger charge is 2.28. The smallest absolute Gasteiger partial charge is 0.339 e. The second kappa shape index (κ2) is 8.07. The fourth-order valence-electron chi connectivity index (χ4n) is 3.40. The van der Waals surface area contributed by atoms with Crippen molar-refractivity contribution in [2.24, 2.45) is 0 Å². The SMILES string of the molecule is C=CCOc1ccccc1C(=O)N1CCC(n2ncc(C(=O)O)c2C)CC1. The molecule has 0 unspecified atom stereocenters. The Labute approximate surface area is 157 Å². The van der Waals surface area contributed by atoms with Gasteiger partial charge in [0, 0.05) is 13.1 Å². The molecule has 7 heteroatoms. The Balaban J connectivity index is 1.68. The van der Waals surface area contributed by atoms with Crippen molar-refractivity contribution in [2.45, 2.75) is 25.8 Å². The number of carbonyl (C=O) groups is 2. The molecule has 0 saturated carbocycles. The van der Waals surface area contributed by atoms with Crippen molar-refractivity contribution in [3.63, 3.8) is 0 Å². The maximum Gasteiger partial charge on any atom is 0.339 e. The van der Waals surface area contributed by atoms with Crippen LogP contribution < -0.4 is 4.74 Å². The molecule has 27 heavy (non-hydrogen) atoms. The molecule has 142 valence electrons. The lowest BCUT2D eigenvalue weighted by Crippen LogP contribution is -2.39. The van der Waals surface area contributed by atoms with Gasteiger partial charge in [0.2, 0.25) is 0 Å². The van der Waals surface area contributed by atoms with Crippen LogP contribution in [0.25, 0.3) is 0 Å². The molecule has 0 atom stereocenters. The van der Waals surface area contributed by atoms with Crippen LogP contribution in [0.4, 0.5) is 0 Å². The predicted molar refractivity (Wildman–Crippen MR) is 100 cm³/mol. The zero-order valence-corrected chi connectivity index (χ0v) is 15.3. The van der Waals surface area contributed by atoms with Crippen LogP contribution in [-0.4, -0.2) is 51.4 Å². The highest BCUT2D eigenvalue weighted by Crippen LogP contribution is 2.27. The van der Waals surface area contributed by atoms with Gasteiger partial charge < -0.3 is 14.7 Å². The molecule has 1 aromatic heterocycles. The van der Waals surface area contributed by atoms with Crippen molar-refractivity contribution >= 4 is 11.9 Å². The van der Waals surface area contributed by atoms with E-state index in [1.54, 1.807) is 29.8 Å². The molecule has 0 aliphatic carbocycles. The van der Waals surface area contributed by atoms with E-state index >= 15 is 0 Å². The molecule has 1 aromatic carbocycles. The number of aromatic carboxylic acids is 1. The van der Waals surface area contributed by atoms with Gasteiger partial charge in [-0.1, -0.05) is 24.8 Å². The first-order chi connectivity index (χ1) is 13.0. The summed E-state index contributed by atoms with van der Waals surface area (Å²) in [5, 5.41) is 13.4. The van der Waals surface area contributed by atoms with Gasteiger partial charge in [0.1, 0.15) is 17.9 Å². The maximum atomic E-state index is 12.9. The van der Waals surface area contributed by atoms with Gasteiger partial charge in [0.25, 0.3) is 5.91 Å². The summed E-state index contributed by atoms with van der Waals surface area (Å²) < 4.78 is 7.36. The molecule has 1 amide bonds. The summed E-state index contributed by atoms with van der Waals surface area (Å²) in [6, 6.07) is 7.30. The minimum atomic E-state index is -0.970. The Bertz CT molecular complexity index is 851. The summed E-state index contributed by atoms with van der Waals surface area (Å²) in [7, 11) is 0. The third-order valence-corrected chi connectivity index (χ3v) is 4.85. The molecule has 1 fully saturated rings. The van der Waals surface area contributed by atoms with Crippen LogP contribution in [0.2, 0.25) is 0 Å². The average Bonchev–Trinajstić information content (AvgIpc) is 3.08. The summed E-state index contributed by atoms with van der Waals surface area (Å²) in [6.07, 6.45) is 4.49. The Morgan fingerprint density at radius 3 is 2.63 bits per heavy atom. The van der Waals surface area contributed by atoms with Crippen LogP contribution in [0.3, 0.4) is 0 Å². The molecule has 1 saturated heterocycles. The van der Waals surface area contributed by atoms with Gasteiger partial charge in [-0.15, -0.1) is 0 Å². The first kappa shape index (κ1) is 18.7. The molecule has 2 heterocycles. The number of hydrogen-bond acceptors (Lipinski definition) is 4.